The van der Waals surface area contributed by atoms with E-state index in [1.807, 2.05) is 25.0 Å². The van der Waals surface area contributed by atoms with Gasteiger partial charge in [-0.25, -0.2) is 22.8 Å². The minimum absolute atomic E-state index is 0.0716. The van der Waals surface area contributed by atoms with Crippen LogP contribution in [0.1, 0.15) is 38.8 Å². The second-order valence-electron chi connectivity index (χ2n) is 8.62. The number of hydrogen-bond donors (Lipinski definition) is 0. The predicted octanol–water partition coefficient (Wildman–Crippen LogP) is 5.84. The standard InChI is InChI=1S/C21H23F5N6S.C2H6/c1-11-15(22)12(8-14(16(11)23)21(24,25)26)17-13-9-27-19(28-18(13)30(4)29-17)31-6-7-32(33-5)20(2,3)10-31;1-2/h8-9H,6-7,10H2,1-5H3;1-2H3. The average molecular weight is 517 g/mol. The van der Waals surface area contributed by atoms with Gasteiger partial charge in [-0.1, -0.05) is 25.8 Å². The van der Waals surface area contributed by atoms with Crippen LogP contribution in [0.15, 0.2) is 12.3 Å². The first-order chi connectivity index (χ1) is 16.3. The van der Waals surface area contributed by atoms with E-state index in [-0.39, 0.29) is 16.6 Å². The van der Waals surface area contributed by atoms with Gasteiger partial charge in [-0.3, -0.25) is 0 Å². The third-order valence-electron chi connectivity index (χ3n) is 5.88. The van der Waals surface area contributed by atoms with Gasteiger partial charge < -0.3 is 4.90 Å². The molecule has 1 aliphatic rings. The predicted molar refractivity (Wildman–Crippen MR) is 129 cm³/mol. The largest absolute Gasteiger partial charge is 0.419 e. The van der Waals surface area contributed by atoms with Gasteiger partial charge in [0.15, 0.2) is 5.65 Å². The van der Waals surface area contributed by atoms with E-state index >= 15 is 0 Å². The maximum atomic E-state index is 14.9. The van der Waals surface area contributed by atoms with Crippen LogP contribution in [0.4, 0.5) is 27.9 Å². The molecule has 35 heavy (non-hydrogen) atoms. The zero-order valence-corrected chi connectivity index (χ0v) is 21.6. The van der Waals surface area contributed by atoms with E-state index < -0.39 is 34.5 Å². The minimum atomic E-state index is -4.97. The van der Waals surface area contributed by atoms with Gasteiger partial charge >= 0.3 is 6.18 Å². The summed E-state index contributed by atoms with van der Waals surface area (Å²) in [6, 6.07) is 0.456. The minimum Gasteiger partial charge on any atom is -0.338 e. The first-order valence-corrected chi connectivity index (χ1v) is 12.4. The fraction of sp³-hybridized carbons (Fsp3) is 0.522. The molecule has 1 fully saturated rings. The van der Waals surface area contributed by atoms with Crippen LogP contribution < -0.4 is 4.90 Å². The van der Waals surface area contributed by atoms with E-state index in [1.54, 1.807) is 19.0 Å². The monoisotopic (exact) mass is 516 g/mol. The topological polar surface area (TPSA) is 50.1 Å². The van der Waals surface area contributed by atoms with Gasteiger partial charge in [-0.05, 0) is 33.1 Å². The quantitative estimate of drug-likeness (QED) is 0.322. The third-order valence-corrected chi connectivity index (χ3v) is 6.99. The zero-order chi connectivity index (χ0) is 26.3. The number of halogens is 5. The van der Waals surface area contributed by atoms with E-state index in [0.717, 1.165) is 13.5 Å². The maximum absolute atomic E-state index is 14.9. The van der Waals surface area contributed by atoms with Crippen molar-refractivity contribution in [1.82, 2.24) is 24.1 Å². The van der Waals surface area contributed by atoms with E-state index in [4.69, 9.17) is 0 Å². The van der Waals surface area contributed by atoms with Crippen LogP contribution in [0.25, 0.3) is 22.3 Å². The van der Waals surface area contributed by atoms with Crippen molar-refractivity contribution in [2.24, 2.45) is 7.05 Å². The molecular weight excluding hydrogens is 487 g/mol. The fourth-order valence-corrected chi connectivity index (χ4v) is 4.99. The van der Waals surface area contributed by atoms with Gasteiger partial charge in [0.2, 0.25) is 5.95 Å². The fourth-order valence-electron chi connectivity index (χ4n) is 4.18. The Morgan fingerprint density at radius 1 is 1.09 bits per heavy atom. The molecule has 0 radical (unpaired) electrons. The van der Waals surface area contributed by atoms with Crippen molar-refractivity contribution < 1.29 is 22.0 Å². The number of rotatable bonds is 3. The molecule has 3 aromatic rings. The number of fused-ring (bicyclic) bond motifs is 1. The molecule has 0 N–H and O–H groups in total. The lowest BCUT2D eigenvalue weighted by molar-refractivity contribution is -0.140. The highest BCUT2D eigenvalue weighted by molar-refractivity contribution is 7.96. The van der Waals surface area contributed by atoms with Gasteiger partial charge in [-0.15, -0.1) is 0 Å². The highest BCUT2D eigenvalue weighted by atomic mass is 32.2. The zero-order valence-electron chi connectivity index (χ0n) is 20.8. The molecule has 3 heterocycles. The summed E-state index contributed by atoms with van der Waals surface area (Å²) in [5, 5.41) is 4.49. The van der Waals surface area contributed by atoms with Crippen molar-refractivity contribution in [3.05, 3.63) is 35.0 Å². The Balaban J connectivity index is 0.00000167. The SMILES string of the molecule is CC.CSN1CCN(c2ncc3c(-c4cc(C(F)(F)F)c(F)c(C)c4F)nn(C)c3n2)CC1(C)C. The van der Waals surface area contributed by atoms with Gasteiger partial charge in [-0.2, -0.15) is 23.3 Å². The smallest absolute Gasteiger partial charge is 0.338 e. The number of piperazine rings is 1. The third kappa shape index (κ3) is 4.95. The maximum Gasteiger partial charge on any atom is 0.419 e. The van der Waals surface area contributed by atoms with Crippen LogP contribution in [0.2, 0.25) is 0 Å². The second-order valence-corrected chi connectivity index (χ2v) is 9.43. The first kappa shape index (κ1) is 27.1. The lowest BCUT2D eigenvalue weighted by Gasteiger charge is -2.45. The van der Waals surface area contributed by atoms with Crippen molar-refractivity contribution in [3.8, 4) is 11.3 Å². The highest BCUT2D eigenvalue weighted by Crippen LogP contribution is 2.39. The summed E-state index contributed by atoms with van der Waals surface area (Å²) >= 11 is 1.67. The Hall–Kier alpha value is -2.47. The molecule has 0 bridgehead atoms. The van der Waals surface area contributed by atoms with Crippen molar-refractivity contribution in [3.63, 3.8) is 0 Å². The summed E-state index contributed by atoms with van der Waals surface area (Å²) in [5.41, 5.74) is -2.56. The number of alkyl halides is 3. The average Bonchev–Trinajstić information content (AvgIpc) is 3.13. The first-order valence-electron chi connectivity index (χ1n) is 11.2. The molecule has 0 atom stereocenters. The second kappa shape index (κ2) is 9.88. The van der Waals surface area contributed by atoms with Crippen molar-refractivity contribution in [1.29, 1.82) is 0 Å². The summed E-state index contributed by atoms with van der Waals surface area (Å²) in [4.78, 5) is 11.0. The molecule has 0 aliphatic carbocycles. The van der Waals surface area contributed by atoms with Gasteiger partial charge in [0.05, 0.1) is 10.9 Å². The molecule has 12 heteroatoms. The van der Waals surface area contributed by atoms with Gasteiger partial charge in [0.25, 0.3) is 0 Å². The number of anilines is 1. The number of nitrogens with zero attached hydrogens (tertiary/aromatic N) is 6. The molecule has 1 aromatic carbocycles. The Kier molecular flexibility index (Phi) is 7.66. The van der Waals surface area contributed by atoms with E-state index in [9.17, 15) is 22.0 Å². The van der Waals surface area contributed by atoms with Crippen LogP contribution in [-0.4, -0.2) is 55.5 Å². The summed E-state index contributed by atoms with van der Waals surface area (Å²) in [6.45, 7) is 11.4. The van der Waals surface area contributed by atoms with Crippen molar-refractivity contribution >= 4 is 28.9 Å². The Bertz CT molecular complexity index is 1220. The van der Waals surface area contributed by atoms with Crippen LogP contribution in [-0.2, 0) is 13.2 Å². The van der Waals surface area contributed by atoms with Crippen LogP contribution in [0, 0.1) is 18.6 Å². The Morgan fingerprint density at radius 2 is 1.74 bits per heavy atom. The number of benzene rings is 1. The van der Waals surface area contributed by atoms with Gasteiger partial charge in [0, 0.05) is 49.5 Å². The van der Waals surface area contributed by atoms with Crippen LogP contribution in [0.5, 0.6) is 0 Å². The van der Waals surface area contributed by atoms with E-state index in [0.29, 0.717) is 30.8 Å². The molecule has 1 aliphatic heterocycles. The van der Waals surface area contributed by atoms with Crippen LogP contribution in [0.3, 0.4) is 0 Å². The molecule has 0 amide bonds. The Morgan fingerprint density at radius 3 is 2.31 bits per heavy atom. The molecule has 192 valence electrons. The van der Waals surface area contributed by atoms with Crippen LogP contribution >= 0.6 is 11.9 Å². The summed E-state index contributed by atoms with van der Waals surface area (Å²) < 4.78 is 72.6. The lowest BCUT2D eigenvalue weighted by atomic mass is 10.0. The molecule has 1 saturated heterocycles. The summed E-state index contributed by atoms with van der Waals surface area (Å²) in [5.74, 6) is -2.27. The molecule has 0 unspecified atom stereocenters. The lowest BCUT2D eigenvalue weighted by Crippen LogP contribution is -2.56. The van der Waals surface area contributed by atoms with E-state index in [2.05, 4.69) is 33.2 Å². The summed E-state index contributed by atoms with van der Waals surface area (Å²) in [6.07, 6.45) is -1.52. The molecule has 4 rings (SSSR count). The van der Waals surface area contributed by atoms with Gasteiger partial charge in [0.1, 0.15) is 17.3 Å². The molecular formula is C23H29F5N6S. The molecule has 6 nitrogen and oxygen atoms in total. The number of aryl methyl sites for hydroxylation is 1. The molecule has 2 aromatic heterocycles. The highest BCUT2D eigenvalue weighted by Gasteiger charge is 2.38. The molecule has 0 saturated carbocycles. The number of hydrogen-bond acceptors (Lipinski definition) is 6. The van der Waals surface area contributed by atoms with E-state index in [1.165, 1.54) is 10.9 Å². The Labute approximate surface area is 205 Å². The van der Waals surface area contributed by atoms with Crippen molar-refractivity contribution in [2.75, 3.05) is 30.8 Å². The van der Waals surface area contributed by atoms with Crippen molar-refractivity contribution in [2.45, 2.75) is 46.3 Å². The summed E-state index contributed by atoms with van der Waals surface area (Å²) in [7, 11) is 1.57. The number of aromatic nitrogens is 4. The normalized spacial score (nSPS) is 16.4. The molecule has 0 spiro atoms.